The zero-order valence-corrected chi connectivity index (χ0v) is 11.7. The molecule has 98 valence electrons. The number of anilines is 1. The fourth-order valence-electron chi connectivity index (χ4n) is 1.91. The van der Waals surface area contributed by atoms with Crippen molar-refractivity contribution >= 4 is 23.4 Å². The van der Waals surface area contributed by atoms with E-state index in [2.05, 4.69) is 4.85 Å². The number of hydrogen-bond donors (Lipinski definition) is 0. The number of ether oxygens (including phenoxy) is 1. The molecule has 0 spiro atoms. The zero-order valence-electron chi connectivity index (χ0n) is 10.8. The smallest absolute Gasteiger partial charge is 0.339 e. The van der Waals surface area contributed by atoms with Crippen LogP contribution in [0.15, 0.2) is 39.9 Å². The first-order chi connectivity index (χ1) is 9.22. The van der Waals surface area contributed by atoms with Crippen molar-refractivity contribution in [1.82, 2.24) is 0 Å². The van der Waals surface area contributed by atoms with Crippen LogP contribution in [0.25, 0.3) is 4.85 Å². The van der Waals surface area contributed by atoms with Crippen LogP contribution >= 0.6 is 11.8 Å². The molecule has 0 bridgehead atoms. The van der Waals surface area contributed by atoms with Gasteiger partial charge in [0.05, 0.1) is 23.9 Å². The lowest BCUT2D eigenvalue weighted by Gasteiger charge is -2.19. The first-order valence-electron chi connectivity index (χ1n) is 6.06. The predicted octanol–water partition coefficient (Wildman–Crippen LogP) is 3.27. The summed E-state index contributed by atoms with van der Waals surface area (Å²) in [5.74, 6) is -0.550. The summed E-state index contributed by atoms with van der Waals surface area (Å²) in [5.41, 5.74) is 1.10. The monoisotopic (exact) mass is 274 g/mol. The molecule has 1 aromatic carbocycles. The summed E-state index contributed by atoms with van der Waals surface area (Å²) in [4.78, 5) is 18.2. The Balaban J connectivity index is 2.46. The van der Waals surface area contributed by atoms with Crippen LogP contribution in [0, 0.1) is 6.57 Å². The Hall–Kier alpha value is -1.93. The van der Waals surface area contributed by atoms with Crippen molar-refractivity contribution in [2.75, 3.05) is 18.1 Å². The summed E-state index contributed by atoms with van der Waals surface area (Å²) in [5, 5.41) is 0.664. The van der Waals surface area contributed by atoms with E-state index >= 15 is 0 Å². The Kier molecular flexibility index (Phi) is 4.13. The highest BCUT2D eigenvalue weighted by Crippen LogP contribution is 2.47. The molecular formula is C14H14N2O2S. The molecule has 1 aliphatic heterocycles. The van der Waals surface area contributed by atoms with Crippen LogP contribution < -0.4 is 4.90 Å². The number of thioether (sulfide) groups is 1. The van der Waals surface area contributed by atoms with E-state index in [0.717, 1.165) is 10.6 Å². The molecule has 0 N–H and O–H groups in total. The third-order valence-corrected chi connectivity index (χ3v) is 3.88. The largest absolute Gasteiger partial charge is 0.471 e. The average Bonchev–Trinajstić information content (AvgIpc) is 2.78. The molecule has 0 amide bonds. The minimum Gasteiger partial charge on any atom is -0.471 e. The summed E-state index contributed by atoms with van der Waals surface area (Å²) >= 11 is 1.45. The number of esters is 1. The van der Waals surface area contributed by atoms with Gasteiger partial charge in [0.15, 0.2) is 0 Å². The normalized spacial score (nSPS) is 15.7. The maximum Gasteiger partial charge on any atom is 0.339 e. The summed E-state index contributed by atoms with van der Waals surface area (Å²) in [7, 11) is 0. The van der Waals surface area contributed by atoms with Crippen LogP contribution in [0.3, 0.4) is 0 Å². The van der Waals surface area contributed by atoms with Gasteiger partial charge in [-0.25, -0.2) is 4.85 Å². The summed E-state index contributed by atoms with van der Waals surface area (Å²) in [6, 6.07) is 7.88. The lowest BCUT2D eigenvalue weighted by atomic mass is 10.3. The Morgan fingerprint density at radius 2 is 2.16 bits per heavy atom. The predicted molar refractivity (Wildman–Crippen MR) is 75.6 cm³/mol. The molecule has 19 heavy (non-hydrogen) atoms. The second-order valence-corrected chi connectivity index (χ2v) is 4.83. The van der Waals surface area contributed by atoms with Crippen LogP contribution in [0.2, 0.25) is 0 Å². The van der Waals surface area contributed by atoms with Gasteiger partial charge in [0.2, 0.25) is 0 Å². The lowest BCUT2D eigenvalue weighted by molar-refractivity contribution is -0.138. The number of benzene rings is 1. The van der Waals surface area contributed by atoms with Crippen molar-refractivity contribution in [3.63, 3.8) is 0 Å². The van der Waals surface area contributed by atoms with Gasteiger partial charge in [-0.05, 0) is 26.0 Å². The highest BCUT2D eigenvalue weighted by molar-refractivity contribution is 8.03. The van der Waals surface area contributed by atoms with Crippen molar-refractivity contribution in [3.8, 4) is 0 Å². The standard InChI is InChI=1S/C14H14N2O2S/c1-4-16-10-8-6-7-9-11(10)19-13(16)12(15-3)14(17)18-5-2/h6-9H,4-5H2,1-2H3. The van der Waals surface area contributed by atoms with Gasteiger partial charge in [0.1, 0.15) is 0 Å². The number of carbonyl (C=O) groups is 1. The van der Waals surface area contributed by atoms with Crippen LogP contribution in [0.1, 0.15) is 13.8 Å². The van der Waals surface area contributed by atoms with E-state index < -0.39 is 5.97 Å². The Morgan fingerprint density at radius 3 is 2.79 bits per heavy atom. The van der Waals surface area contributed by atoms with Crippen molar-refractivity contribution in [3.05, 3.63) is 46.4 Å². The van der Waals surface area contributed by atoms with E-state index in [0.29, 0.717) is 11.6 Å². The van der Waals surface area contributed by atoms with E-state index in [1.165, 1.54) is 11.8 Å². The van der Waals surface area contributed by atoms with E-state index in [1.807, 2.05) is 36.1 Å². The fraction of sp³-hybridized carbons (Fsp3) is 0.286. The van der Waals surface area contributed by atoms with E-state index in [1.54, 1.807) is 6.92 Å². The van der Waals surface area contributed by atoms with Gasteiger partial charge in [0.25, 0.3) is 5.70 Å². The molecule has 0 saturated heterocycles. The third-order valence-electron chi connectivity index (χ3n) is 2.71. The molecule has 0 fully saturated rings. The van der Waals surface area contributed by atoms with E-state index in [4.69, 9.17) is 11.3 Å². The fourth-order valence-corrected chi connectivity index (χ4v) is 3.11. The van der Waals surface area contributed by atoms with Gasteiger partial charge in [-0.15, -0.1) is 0 Å². The maximum absolute atomic E-state index is 11.8. The van der Waals surface area contributed by atoms with Crippen molar-refractivity contribution in [2.45, 2.75) is 18.7 Å². The summed E-state index contributed by atoms with van der Waals surface area (Å²) in [6.45, 7) is 11.9. The minimum atomic E-state index is -0.550. The number of rotatable bonds is 3. The molecule has 2 rings (SSSR count). The molecule has 0 aliphatic carbocycles. The average molecular weight is 274 g/mol. The van der Waals surface area contributed by atoms with Gasteiger partial charge < -0.3 is 9.64 Å². The van der Waals surface area contributed by atoms with Gasteiger partial charge in [-0.2, -0.15) is 0 Å². The number of fused-ring (bicyclic) bond motifs is 1. The Bertz CT molecular complexity index is 575. The van der Waals surface area contributed by atoms with Crippen LogP contribution in [0.4, 0.5) is 5.69 Å². The molecule has 0 unspecified atom stereocenters. The van der Waals surface area contributed by atoms with E-state index in [-0.39, 0.29) is 12.3 Å². The van der Waals surface area contributed by atoms with Crippen molar-refractivity contribution in [1.29, 1.82) is 0 Å². The molecule has 0 atom stereocenters. The number of carbonyl (C=O) groups excluding carboxylic acids is 1. The minimum absolute atomic E-state index is 0.0601. The Morgan fingerprint density at radius 1 is 1.42 bits per heavy atom. The topological polar surface area (TPSA) is 33.9 Å². The summed E-state index contributed by atoms with van der Waals surface area (Å²) < 4.78 is 4.95. The molecule has 4 nitrogen and oxygen atoms in total. The molecule has 0 saturated carbocycles. The number of para-hydroxylation sites is 1. The molecule has 1 heterocycles. The number of nitrogens with zero attached hydrogens (tertiary/aromatic N) is 2. The number of hydrogen-bond acceptors (Lipinski definition) is 4. The van der Waals surface area contributed by atoms with Crippen molar-refractivity contribution < 1.29 is 9.53 Å². The van der Waals surface area contributed by atoms with Crippen molar-refractivity contribution in [2.24, 2.45) is 0 Å². The first kappa shape index (κ1) is 13.5. The van der Waals surface area contributed by atoms with Crippen LogP contribution in [-0.4, -0.2) is 19.1 Å². The molecule has 0 aromatic heterocycles. The highest BCUT2D eigenvalue weighted by Gasteiger charge is 2.30. The zero-order chi connectivity index (χ0) is 13.8. The van der Waals surface area contributed by atoms with Gasteiger partial charge >= 0.3 is 5.97 Å². The second-order valence-electron chi connectivity index (χ2n) is 3.80. The lowest BCUT2D eigenvalue weighted by Crippen LogP contribution is -2.20. The highest BCUT2D eigenvalue weighted by atomic mass is 32.2. The van der Waals surface area contributed by atoms with Gasteiger partial charge in [-0.3, -0.25) is 4.79 Å². The summed E-state index contributed by atoms with van der Waals surface area (Å²) in [6.07, 6.45) is 0. The van der Waals surface area contributed by atoms with Crippen LogP contribution in [-0.2, 0) is 9.53 Å². The second kappa shape index (κ2) is 5.81. The van der Waals surface area contributed by atoms with E-state index in [9.17, 15) is 4.79 Å². The molecule has 1 aromatic rings. The van der Waals surface area contributed by atoms with Crippen LogP contribution in [0.5, 0.6) is 0 Å². The first-order valence-corrected chi connectivity index (χ1v) is 6.87. The Labute approximate surface area is 116 Å². The molecule has 0 radical (unpaired) electrons. The van der Waals surface area contributed by atoms with Gasteiger partial charge in [0, 0.05) is 11.4 Å². The van der Waals surface area contributed by atoms with Gasteiger partial charge in [-0.1, -0.05) is 23.9 Å². The molecule has 1 aliphatic rings. The molecular weight excluding hydrogens is 260 g/mol. The molecule has 5 heteroatoms. The SMILES string of the molecule is [C-]#[N+]C(C(=O)OCC)=C1Sc2ccccc2N1CC. The maximum atomic E-state index is 11.8. The third kappa shape index (κ3) is 2.45. The quantitative estimate of drug-likeness (QED) is 0.481.